The number of rotatable bonds is 4. The minimum absolute atomic E-state index is 0.148. The van der Waals surface area contributed by atoms with E-state index < -0.39 is 11.6 Å². The highest BCUT2D eigenvalue weighted by molar-refractivity contribution is 5.82. The third-order valence-corrected chi connectivity index (χ3v) is 4.46. The summed E-state index contributed by atoms with van der Waals surface area (Å²) in [6.45, 7) is 0.208. The first-order valence-corrected chi connectivity index (χ1v) is 8.35. The van der Waals surface area contributed by atoms with Crippen molar-refractivity contribution in [2.45, 2.75) is 6.04 Å². The highest BCUT2D eigenvalue weighted by Gasteiger charge is 2.33. The van der Waals surface area contributed by atoms with Crippen molar-refractivity contribution in [1.29, 1.82) is 0 Å². The summed E-state index contributed by atoms with van der Waals surface area (Å²) >= 11 is 0. The summed E-state index contributed by atoms with van der Waals surface area (Å²) in [5.74, 6) is -1.05. The Morgan fingerprint density at radius 1 is 1.23 bits per heavy atom. The quantitative estimate of drug-likeness (QED) is 0.910. The predicted octanol–water partition coefficient (Wildman–Crippen LogP) is 3.45. The molecule has 0 spiro atoms. The summed E-state index contributed by atoms with van der Waals surface area (Å²) in [7, 11) is 1.60. The molecule has 0 saturated carbocycles. The van der Waals surface area contributed by atoms with Crippen LogP contribution in [0.4, 0.5) is 13.6 Å². The summed E-state index contributed by atoms with van der Waals surface area (Å²) in [4.78, 5) is 15.8. The topological polar surface area (TPSA) is 43.8 Å². The normalized spacial score (nSPS) is 16.5. The third-order valence-electron chi connectivity index (χ3n) is 4.46. The van der Waals surface area contributed by atoms with Crippen LogP contribution in [0.25, 0.3) is 5.57 Å². The zero-order valence-corrected chi connectivity index (χ0v) is 14.4. The van der Waals surface area contributed by atoms with E-state index in [1.165, 1.54) is 4.90 Å². The molecule has 1 aliphatic heterocycles. The summed E-state index contributed by atoms with van der Waals surface area (Å²) in [5, 5.41) is 9.09. The van der Waals surface area contributed by atoms with Crippen LogP contribution < -0.4 is 0 Å². The van der Waals surface area contributed by atoms with Gasteiger partial charge >= 0.3 is 6.03 Å². The van der Waals surface area contributed by atoms with Gasteiger partial charge in [-0.25, -0.2) is 13.6 Å². The summed E-state index contributed by atoms with van der Waals surface area (Å²) in [6.07, 6.45) is 1.79. The molecule has 2 aromatic carbocycles. The Balaban J connectivity index is 1.98. The number of aliphatic hydroxyl groups excluding tert-OH is 1. The number of carbonyl (C=O) groups excluding carboxylic acids is 1. The van der Waals surface area contributed by atoms with Gasteiger partial charge in [-0.2, -0.15) is 0 Å². The maximum atomic E-state index is 14.2. The molecule has 0 fully saturated rings. The van der Waals surface area contributed by atoms with Crippen LogP contribution in [0.5, 0.6) is 0 Å². The second kappa shape index (κ2) is 7.66. The largest absolute Gasteiger partial charge is 0.395 e. The molecule has 0 aromatic heterocycles. The number of hydrogen-bond donors (Lipinski definition) is 1. The van der Waals surface area contributed by atoms with Gasteiger partial charge in [-0.1, -0.05) is 36.4 Å². The molecule has 26 heavy (non-hydrogen) atoms. The van der Waals surface area contributed by atoms with Gasteiger partial charge in [0.2, 0.25) is 0 Å². The molecule has 0 bridgehead atoms. The number of urea groups is 1. The SMILES string of the molecule is CN(CCO)C(=O)N1CC(c2cc(F)ccc2F)=C[C@H]1c1ccccc1. The molecule has 4 nitrogen and oxygen atoms in total. The van der Waals surface area contributed by atoms with E-state index in [1.807, 2.05) is 30.3 Å². The van der Waals surface area contributed by atoms with Crippen LogP contribution >= 0.6 is 0 Å². The standard InChI is InChI=1S/C20H20F2N2O2/c1-23(9-10-25)20(26)24-13-15(17-12-16(21)7-8-18(17)22)11-19(24)14-5-3-2-4-6-14/h2-8,11-12,19,25H,9-10,13H2,1H3/t19-/m0/s1. The van der Waals surface area contributed by atoms with Crippen molar-refractivity contribution < 1.29 is 18.7 Å². The van der Waals surface area contributed by atoms with Crippen molar-refractivity contribution in [3.8, 4) is 0 Å². The molecular weight excluding hydrogens is 338 g/mol. The third kappa shape index (κ3) is 3.60. The molecule has 2 aromatic rings. The summed E-state index contributed by atoms with van der Waals surface area (Å²) in [5.41, 5.74) is 1.60. The Morgan fingerprint density at radius 3 is 2.65 bits per heavy atom. The van der Waals surface area contributed by atoms with E-state index in [4.69, 9.17) is 5.11 Å². The molecule has 136 valence electrons. The van der Waals surface area contributed by atoms with E-state index in [1.54, 1.807) is 18.0 Å². The maximum absolute atomic E-state index is 14.2. The molecule has 3 rings (SSSR count). The van der Waals surface area contributed by atoms with Crippen LogP contribution in [-0.4, -0.2) is 47.7 Å². The molecule has 2 amide bonds. The number of benzene rings is 2. The van der Waals surface area contributed by atoms with Crippen LogP contribution in [0.3, 0.4) is 0 Å². The smallest absolute Gasteiger partial charge is 0.320 e. The number of amides is 2. The zero-order chi connectivity index (χ0) is 18.7. The van der Waals surface area contributed by atoms with Crippen molar-refractivity contribution in [3.05, 3.63) is 77.4 Å². The molecule has 0 saturated heterocycles. The van der Waals surface area contributed by atoms with Gasteiger partial charge in [-0.05, 0) is 29.3 Å². The van der Waals surface area contributed by atoms with E-state index >= 15 is 0 Å². The molecule has 6 heteroatoms. The number of hydrogen-bond acceptors (Lipinski definition) is 2. The first kappa shape index (κ1) is 18.1. The van der Waals surface area contributed by atoms with Gasteiger partial charge < -0.3 is 14.9 Å². The lowest BCUT2D eigenvalue weighted by atomic mass is 10.0. The lowest BCUT2D eigenvalue weighted by Crippen LogP contribution is -2.42. The Morgan fingerprint density at radius 2 is 1.96 bits per heavy atom. The predicted molar refractivity (Wildman–Crippen MR) is 95.3 cm³/mol. The van der Waals surface area contributed by atoms with Gasteiger partial charge in [0, 0.05) is 25.7 Å². The van der Waals surface area contributed by atoms with Crippen LogP contribution in [0.2, 0.25) is 0 Å². The van der Waals surface area contributed by atoms with Gasteiger partial charge in [0.25, 0.3) is 0 Å². The van der Waals surface area contributed by atoms with E-state index in [0.717, 1.165) is 23.8 Å². The van der Waals surface area contributed by atoms with Crippen LogP contribution in [-0.2, 0) is 0 Å². The van der Waals surface area contributed by atoms with Gasteiger partial charge in [0.05, 0.1) is 12.6 Å². The molecule has 0 unspecified atom stereocenters. The van der Waals surface area contributed by atoms with E-state index in [2.05, 4.69) is 0 Å². The second-order valence-electron chi connectivity index (χ2n) is 6.23. The van der Waals surface area contributed by atoms with Crippen LogP contribution in [0.15, 0.2) is 54.6 Å². The number of likely N-dealkylation sites (N-methyl/N-ethyl adjacent to an activating group) is 1. The molecule has 0 radical (unpaired) electrons. The fraction of sp³-hybridized carbons (Fsp3) is 0.250. The first-order chi connectivity index (χ1) is 12.5. The Labute approximate surface area is 151 Å². The van der Waals surface area contributed by atoms with Gasteiger partial charge in [0.1, 0.15) is 11.6 Å². The monoisotopic (exact) mass is 358 g/mol. The lowest BCUT2D eigenvalue weighted by molar-refractivity contribution is 0.150. The average Bonchev–Trinajstić information content (AvgIpc) is 3.09. The number of nitrogens with zero attached hydrogens (tertiary/aromatic N) is 2. The average molecular weight is 358 g/mol. The number of carbonyl (C=O) groups is 1. The van der Waals surface area contributed by atoms with E-state index in [9.17, 15) is 13.6 Å². The Kier molecular flexibility index (Phi) is 5.32. The summed E-state index contributed by atoms with van der Waals surface area (Å²) < 4.78 is 27.8. The van der Waals surface area contributed by atoms with Crippen molar-refractivity contribution in [1.82, 2.24) is 9.80 Å². The molecule has 1 atom stereocenters. The molecule has 1 N–H and O–H groups in total. The Hall–Kier alpha value is -2.73. The fourth-order valence-electron chi connectivity index (χ4n) is 3.11. The van der Waals surface area contributed by atoms with E-state index in [-0.39, 0.29) is 37.3 Å². The maximum Gasteiger partial charge on any atom is 0.320 e. The van der Waals surface area contributed by atoms with Crippen LogP contribution in [0, 0.1) is 11.6 Å². The zero-order valence-electron chi connectivity index (χ0n) is 14.4. The molecule has 0 aliphatic carbocycles. The van der Waals surface area contributed by atoms with E-state index in [0.29, 0.717) is 5.57 Å². The van der Waals surface area contributed by atoms with Gasteiger partial charge in [-0.15, -0.1) is 0 Å². The minimum Gasteiger partial charge on any atom is -0.395 e. The molecule has 1 aliphatic rings. The highest BCUT2D eigenvalue weighted by atomic mass is 19.1. The van der Waals surface area contributed by atoms with Gasteiger partial charge in [-0.3, -0.25) is 0 Å². The number of aliphatic hydroxyl groups is 1. The molecule has 1 heterocycles. The second-order valence-corrected chi connectivity index (χ2v) is 6.23. The minimum atomic E-state index is -0.527. The summed E-state index contributed by atoms with van der Waals surface area (Å²) in [6, 6.07) is 12.0. The first-order valence-electron chi connectivity index (χ1n) is 8.35. The lowest BCUT2D eigenvalue weighted by Gasteiger charge is -2.29. The Bertz CT molecular complexity index is 824. The van der Waals surface area contributed by atoms with Crippen molar-refractivity contribution in [2.24, 2.45) is 0 Å². The van der Waals surface area contributed by atoms with Crippen molar-refractivity contribution in [3.63, 3.8) is 0 Å². The highest BCUT2D eigenvalue weighted by Crippen LogP contribution is 2.36. The van der Waals surface area contributed by atoms with Crippen LogP contribution in [0.1, 0.15) is 17.2 Å². The number of halogens is 2. The van der Waals surface area contributed by atoms with Crippen molar-refractivity contribution >= 4 is 11.6 Å². The molecular formula is C20H20F2N2O2. The van der Waals surface area contributed by atoms with Gasteiger partial charge in [0.15, 0.2) is 0 Å². The van der Waals surface area contributed by atoms with Crippen molar-refractivity contribution in [2.75, 3.05) is 26.7 Å². The fourth-order valence-corrected chi connectivity index (χ4v) is 3.11.